The van der Waals surface area contributed by atoms with Crippen molar-refractivity contribution >= 4 is 17.7 Å². The van der Waals surface area contributed by atoms with Gasteiger partial charge in [-0.15, -0.1) is 0 Å². The third kappa shape index (κ3) is 4.00. The Morgan fingerprint density at radius 1 is 1.16 bits per heavy atom. The Hall–Kier alpha value is -3.71. The molecular formula is C24H23N3O4. The molecule has 0 saturated heterocycles. The molecule has 2 N–H and O–H groups in total. The summed E-state index contributed by atoms with van der Waals surface area (Å²) >= 11 is 0. The fraction of sp³-hybridized carbons (Fsp3) is 0.208. The monoisotopic (exact) mass is 417 g/mol. The van der Waals surface area contributed by atoms with E-state index in [1.54, 1.807) is 31.4 Å². The van der Waals surface area contributed by atoms with Gasteiger partial charge in [0.1, 0.15) is 12.0 Å². The van der Waals surface area contributed by atoms with Gasteiger partial charge in [0, 0.05) is 24.9 Å². The minimum absolute atomic E-state index is 0.138. The first-order valence-corrected chi connectivity index (χ1v) is 9.92. The first kappa shape index (κ1) is 20.6. The predicted octanol–water partition coefficient (Wildman–Crippen LogP) is 3.68. The zero-order chi connectivity index (χ0) is 22.0. The number of rotatable bonds is 6. The van der Waals surface area contributed by atoms with Crippen LogP contribution in [0.3, 0.4) is 0 Å². The second-order valence-electron chi connectivity index (χ2n) is 7.44. The van der Waals surface area contributed by atoms with E-state index >= 15 is 0 Å². The average molecular weight is 417 g/mol. The molecule has 1 aliphatic heterocycles. The van der Waals surface area contributed by atoms with Crippen molar-refractivity contribution < 1.29 is 19.4 Å². The van der Waals surface area contributed by atoms with E-state index in [2.05, 4.69) is 5.32 Å². The molecule has 158 valence electrons. The van der Waals surface area contributed by atoms with E-state index in [1.807, 2.05) is 48.2 Å². The van der Waals surface area contributed by atoms with E-state index in [-0.39, 0.29) is 18.1 Å². The molecule has 0 radical (unpaired) electrons. The number of methoxy groups -OCH3 is 1. The highest BCUT2D eigenvalue weighted by molar-refractivity contribution is 6.03. The number of carbonyl (C=O) groups is 2. The van der Waals surface area contributed by atoms with Crippen LogP contribution in [0.1, 0.15) is 49.3 Å². The molecule has 0 aliphatic carbocycles. The number of benzene rings is 2. The zero-order valence-corrected chi connectivity index (χ0v) is 17.3. The number of hydrogen-bond acceptors (Lipinski definition) is 5. The fourth-order valence-electron chi connectivity index (χ4n) is 3.97. The smallest absolute Gasteiger partial charge is 0.336 e. The number of fused-ring (bicyclic) bond motifs is 1. The van der Waals surface area contributed by atoms with E-state index < -0.39 is 12.1 Å². The van der Waals surface area contributed by atoms with Crippen LogP contribution in [0, 0.1) is 6.92 Å². The largest absolute Gasteiger partial charge is 0.478 e. The number of amides is 1. The molecule has 3 aromatic rings. The number of ether oxygens (including phenoxy) is 1. The molecule has 1 aliphatic rings. The molecule has 2 heterocycles. The van der Waals surface area contributed by atoms with E-state index in [0.717, 1.165) is 16.8 Å². The van der Waals surface area contributed by atoms with E-state index in [4.69, 9.17) is 9.72 Å². The molecule has 7 heteroatoms. The Balaban J connectivity index is 1.91. The van der Waals surface area contributed by atoms with Gasteiger partial charge in [-0.05, 0) is 30.2 Å². The van der Waals surface area contributed by atoms with Crippen LogP contribution in [-0.4, -0.2) is 29.1 Å². The Morgan fingerprint density at radius 3 is 2.58 bits per heavy atom. The number of carboxylic acids is 1. The van der Waals surface area contributed by atoms with Gasteiger partial charge in [0.15, 0.2) is 0 Å². The molecule has 1 aromatic heterocycles. The van der Waals surface area contributed by atoms with Crippen molar-refractivity contribution in [1.82, 2.24) is 10.3 Å². The van der Waals surface area contributed by atoms with Gasteiger partial charge >= 0.3 is 5.97 Å². The Kier molecular flexibility index (Phi) is 5.68. The average Bonchev–Trinajstić information content (AvgIpc) is 2.76. The normalized spacial score (nSPS) is 15.4. The van der Waals surface area contributed by atoms with Crippen LogP contribution in [-0.2, 0) is 17.9 Å². The molecule has 7 nitrogen and oxygen atoms in total. The van der Waals surface area contributed by atoms with Gasteiger partial charge in [-0.1, -0.05) is 48.5 Å². The number of aromatic carboxylic acids is 1. The lowest BCUT2D eigenvalue weighted by molar-refractivity contribution is 0.0692. The van der Waals surface area contributed by atoms with Crippen LogP contribution in [0.4, 0.5) is 5.82 Å². The predicted molar refractivity (Wildman–Crippen MR) is 116 cm³/mol. The molecule has 0 spiro atoms. The molecular weight excluding hydrogens is 394 g/mol. The molecule has 1 unspecified atom stereocenters. The highest BCUT2D eigenvalue weighted by Gasteiger charge is 2.36. The Morgan fingerprint density at radius 2 is 1.87 bits per heavy atom. The van der Waals surface area contributed by atoms with Crippen LogP contribution in [0.5, 0.6) is 0 Å². The first-order chi connectivity index (χ1) is 15.0. The molecule has 1 amide bonds. The number of hydrogen-bond donors (Lipinski definition) is 2. The summed E-state index contributed by atoms with van der Waals surface area (Å²) in [5, 5.41) is 12.7. The quantitative estimate of drug-likeness (QED) is 0.636. The number of aromatic nitrogens is 1. The molecule has 0 saturated carbocycles. The minimum atomic E-state index is -1.05. The zero-order valence-electron chi connectivity index (χ0n) is 17.3. The number of aryl methyl sites for hydroxylation is 1. The van der Waals surface area contributed by atoms with Crippen LogP contribution >= 0.6 is 0 Å². The van der Waals surface area contributed by atoms with Gasteiger partial charge in [0.2, 0.25) is 0 Å². The van der Waals surface area contributed by atoms with Gasteiger partial charge in [-0.3, -0.25) is 4.79 Å². The maximum absolute atomic E-state index is 13.2. The molecule has 31 heavy (non-hydrogen) atoms. The second kappa shape index (κ2) is 8.57. The van der Waals surface area contributed by atoms with Gasteiger partial charge < -0.3 is 20.1 Å². The number of pyridine rings is 1. The van der Waals surface area contributed by atoms with Crippen molar-refractivity contribution in [2.45, 2.75) is 26.2 Å². The number of nitrogens with one attached hydrogen (secondary N) is 1. The molecule has 1 atom stereocenters. The molecule has 0 fully saturated rings. The summed E-state index contributed by atoms with van der Waals surface area (Å²) in [7, 11) is 1.58. The minimum Gasteiger partial charge on any atom is -0.478 e. The van der Waals surface area contributed by atoms with Gasteiger partial charge in [-0.2, -0.15) is 0 Å². The van der Waals surface area contributed by atoms with Crippen LogP contribution in [0.25, 0.3) is 0 Å². The number of carboxylic acid groups (broad SMARTS) is 1. The maximum atomic E-state index is 13.2. The Labute approximate surface area is 180 Å². The van der Waals surface area contributed by atoms with Gasteiger partial charge in [-0.25, -0.2) is 9.78 Å². The SMILES string of the molecule is COCc1cc(C)nc2c1C(=O)NC(c1ccccc1C(=O)O)N2Cc1ccccc1. The van der Waals surface area contributed by atoms with E-state index in [9.17, 15) is 14.7 Å². The van der Waals surface area contributed by atoms with Crippen LogP contribution < -0.4 is 10.2 Å². The highest BCUT2D eigenvalue weighted by atomic mass is 16.5. The van der Waals surface area contributed by atoms with Gasteiger partial charge in [0.05, 0.1) is 17.7 Å². The maximum Gasteiger partial charge on any atom is 0.336 e. The van der Waals surface area contributed by atoms with Crippen molar-refractivity contribution in [1.29, 1.82) is 0 Å². The third-order valence-corrected chi connectivity index (χ3v) is 5.27. The summed E-state index contributed by atoms with van der Waals surface area (Å²) in [6.45, 7) is 2.58. The highest BCUT2D eigenvalue weighted by Crippen LogP contribution is 2.36. The summed E-state index contributed by atoms with van der Waals surface area (Å²) in [6.07, 6.45) is -0.683. The van der Waals surface area contributed by atoms with Crippen molar-refractivity contribution in [3.05, 3.63) is 94.2 Å². The standard InChI is InChI=1S/C24H23N3O4/c1-15-12-17(14-31-2)20-22(25-15)27(13-16-8-4-3-5-9-16)21(26-23(20)28)18-10-6-7-11-19(18)24(29)30/h3-12,21H,13-14H2,1-2H3,(H,26,28)(H,29,30). The molecule has 2 aromatic carbocycles. The van der Waals surface area contributed by atoms with Gasteiger partial charge in [0.25, 0.3) is 5.91 Å². The Bertz CT molecular complexity index is 1130. The van der Waals surface area contributed by atoms with E-state index in [1.165, 1.54) is 0 Å². The van der Waals surface area contributed by atoms with Crippen molar-refractivity contribution in [3.63, 3.8) is 0 Å². The summed E-state index contributed by atoms with van der Waals surface area (Å²) in [5.41, 5.74) is 3.60. The lowest BCUT2D eigenvalue weighted by Gasteiger charge is -2.39. The molecule has 0 bridgehead atoms. The number of nitrogens with zero attached hydrogens (tertiary/aromatic N) is 2. The lowest BCUT2D eigenvalue weighted by Crippen LogP contribution is -2.47. The third-order valence-electron chi connectivity index (χ3n) is 5.27. The first-order valence-electron chi connectivity index (χ1n) is 9.92. The fourth-order valence-corrected chi connectivity index (χ4v) is 3.97. The van der Waals surface area contributed by atoms with E-state index in [0.29, 0.717) is 23.5 Å². The number of anilines is 1. The second-order valence-corrected chi connectivity index (χ2v) is 7.44. The summed E-state index contributed by atoms with van der Waals surface area (Å²) in [4.78, 5) is 31.7. The lowest BCUT2D eigenvalue weighted by atomic mass is 9.98. The summed E-state index contributed by atoms with van der Waals surface area (Å²) in [5.74, 6) is -0.832. The van der Waals surface area contributed by atoms with Crippen LogP contribution in [0.15, 0.2) is 60.7 Å². The molecule has 4 rings (SSSR count). The summed E-state index contributed by atoms with van der Waals surface area (Å²) < 4.78 is 5.31. The van der Waals surface area contributed by atoms with Crippen molar-refractivity contribution in [3.8, 4) is 0 Å². The van der Waals surface area contributed by atoms with Crippen molar-refractivity contribution in [2.24, 2.45) is 0 Å². The van der Waals surface area contributed by atoms with Crippen molar-refractivity contribution in [2.75, 3.05) is 12.0 Å². The summed E-state index contributed by atoms with van der Waals surface area (Å²) in [6, 6.07) is 18.3. The topological polar surface area (TPSA) is 91.8 Å². The number of carbonyl (C=O) groups excluding carboxylic acids is 1. The van der Waals surface area contributed by atoms with Crippen LogP contribution in [0.2, 0.25) is 0 Å².